The highest BCUT2D eigenvalue weighted by atomic mass is 16.5. The molecule has 0 radical (unpaired) electrons. The Morgan fingerprint density at radius 1 is 1.14 bits per heavy atom. The molecule has 2 unspecified atom stereocenters. The minimum absolute atomic E-state index is 0.163. The Balaban J connectivity index is 1.80. The topological polar surface area (TPSA) is 29.5 Å². The first-order valence-electron chi connectivity index (χ1n) is 7.61. The number of para-hydroxylation sites is 1. The van der Waals surface area contributed by atoms with Crippen molar-refractivity contribution < 1.29 is 9.84 Å². The van der Waals surface area contributed by atoms with Gasteiger partial charge in [0, 0.05) is 5.92 Å². The smallest absolute Gasteiger partial charge is 0.122 e. The van der Waals surface area contributed by atoms with Crippen molar-refractivity contribution in [3.63, 3.8) is 0 Å². The van der Waals surface area contributed by atoms with Crippen LogP contribution in [0.4, 0.5) is 0 Å². The Morgan fingerprint density at radius 3 is 2.76 bits per heavy atom. The number of benzene rings is 2. The highest BCUT2D eigenvalue weighted by molar-refractivity contribution is 5.39. The van der Waals surface area contributed by atoms with E-state index in [1.165, 1.54) is 16.7 Å². The van der Waals surface area contributed by atoms with Gasteiger partial charge in [-0.1, -0.05) is 36.4 Å². The zero-order chi connectivity index (χ0) is 14.8. The van der Waals surface area contributed by atoms with Crippen LogP contribution in [0.1, 0.15) is 34.6 Å². The summed E-state index contributed by atoms with van der Waals surface area (Å²) in [4.78, 5) is 0. The Hall–Kier alpha value is -1.80. The lowest BCUT2D eigenvalue weighted by Gasteiger charge is -2.29. The highest BCUT2D eigenvalue weighted by Crippen LogP contribution is 2.36. The number of rotatable bonds is 3. The van der Waals surface area contributed by atoms with Gasteiger partial charge in [0.25, 0.3) is 0 Å². The number of hydrogen-bond acceptors (Lipinski definition) is 2. The van der Waals surface area contributed by atoms with Crippen LogP contribution in [0.15, 0.2) is 42.5 Å². The maximum absolute atomic E-state index is 10.7. The second kappa shape index (κ2) is 5.90. The van der Waals surface area contributed by atoms with Crippen molar-refractivity contribution in [2.75, 3.05) is 6.61 Å². The molecule has 110 valence electrons. The van der Waals surface area contributed by atoms with Crippen LogP contribution in [0.3, 0.4) is 0 Å². The van der Waals surface area contributed by atoms with Crippen molar-refractivity contribution >= 4 is 0 Å². The molecule has 0 bridgehead atoms. The third kappa shape index (κ3) is 2.96. The van der Waals surface area contributed by atoms with E-state index in [1.54, 1.807) is 0 Å². The minimum atomic E-state index is -0.364. The largest absolute Gasteiger partial charge is 0.493 e. The molecule has 0 fully saturated rings. The van der Waals surface area contributed by atoms with Gasteiger partial charge in [-0.3, -0.25) is 0 Å². The summed E-state index contributed by atoms with van der Waals surface area (Å²) in [5.74, 6) is 1.09. The fraction of sp³-hybridized carbons (Fsp3) is 0.368. The molecule has 0 aliphatic carbocycles. The average Bonchev–Trinajstić information content (AvgIpc) is 2.50. The molecule has 2 aromatic carbocycles. The van der Waals surface area contributed by atoms with E-state index in [-0.39, 0.29) is 12.0 Å². The van der Waals surface area contributed by atoms with E-state index in [4.69, 9.17) is 4.74 Å². The molecule has 1 aliphatic rings. The van der Waals surface area contributed by atoms with Gasteiger partial charge in [-0.2, -0.15) is 0 Å². The fourth-order valence-electron chi connectivity index (χ4n) is 3.08. The second-order valence-electron chi connectivity index (χ2n) is 5.97. The van der Waals surface area contributed by atoms with E-state index in [1.807, 2.05) is 18.2 Å². The zero-order valence-corrected chi connectivity index (χ0v) is 12.7. The Labute approximate surface area is 126 Å². The normalized spacial score (nSPS) is 18.7. The number of aliphatic hydroxyl groups excluding tert-OH is 1. The standard InChI is InChI=1S/C19H22O2/c1-13-7-8-15(11-14(13)2)12-18(20)16-9-10-21-19-6-4-3-5-17(16)19/h3-8,11,16,18,20H,9-10,12H2,1-2H3. The summed E-state index contributed by atoms with van der Waals surface area (Å²) in [7, 11) is 0. The summed E-state index contributed by atoms with van der Waals surface area (Å²) in [6, 6.07) is 14.5. The van der Waals surface area contributed by atoms with Gasteiger partial charge in [-0.05, 0) is 55.0 Å². The minimum Gasteiger partial charge on any atom is -0.493 e. The molecule has 0 aromatic heterocycles. The summed E-state index contributed by atoms with van der Waals surface area (Å²) in [6.07, 6.45) is 1.21. The molecule has 0 saturated heterocycles. The summed E-state index contributed by atoms with van der Waals surface area (Å²) in [5.41, 5.74) is 4.92. The molecule has 2 nitrogen and oxygen atoms in total. The predicted molar refractivity (Wildman–Crippen MR) is 84.9 cm³/mol. The lowest BCUT2D eigenvalue weighted by Crippen LogP contribution is -2.26. The van der Waals surface area contributed by atoms with Gasteiger partial charge in [0.1, 0.15) is 5.75 Å². The van der Waals surface area contributed by atoms with Crippen LogP contribution in [-0.4, -0.2) is 17.8 Å². The highest BCUT2D eigenvalue weighted by Gasteiger charge is 2.27. The lowest BCUT2D eigenvalue weighted by molar-refractivity contribution is 0.116. The molecule has 1 aliphatic heterocycles. The summed E-state index contributed by atoms with van der Waals surface area (Å²) in [5, 5.41) is 10.7. The number of aliphatic hydroxyl groups is 1. The van der Waals surface area contributed by atoms with Gasteiger partial charge in [0.05, 0.1) is 12.7 Å². The maximum Gasteiger partial charge on any atom is 0.122 e. The van der Waals surface area contributed by atoms with Crippen LogP contribution < -0.4 is 4.74 Å². The SMILES string of the molecule is Cc1ccc(CC(O)C2CCOc3ccccc32)cc1C. The van der Waals surface area contributed by atoms with Crippen molar-refractivity contribution in [2.45, 2.75) is 38.7 Å². The molecule has 2 heteroatoms. The van der Waals surface area contributed by atoms with Gasteiger partial charge < -0.3 is 9.84 Å². The Kier molecular flexibility index (Phi) is 3.98. The maximum atomic E-state index is 10.7. The Bertz CT molecular complexity index is 633. The van der Waals surface area contributed by atoms with Gasteiger partial charge in [0.15, 0.2) is 0 Å². The van der Waals surface area contributed by atoms with Crippen LogP contribution in [0.25, 0.3) is 0 Å². The van der Waals surface area contributed by atoms with E-state index >= 15 is 0 Å². The first-order chi connectivity index (χ1) is 10.1. The van der Waals surface area contributed by atoms with Crippen molar-refractivity contribution in [3.8, 4) is 5.75 Å². The average molecular weight is 282 g/mol. The fourth-order valence-corrected chi connectivity index (χ4v) is 3.08. The van der Waals surface area contributed by atoms with Crippen LogP contribution in [0.2, 0.25) is 0 Å². The molecule has 2 atom stereocenters. The first kappa shape index (κ1) is 14.2. The van der Waals surface area contributed by atoms with Gasteiger partial charge >= 0.3 is 0 Å². The number of fused-ring (bicyclic) bond motifs is 1. The predicted octanol–water partition coefficient (Wildman–Crippen LogP) is 3.77. The summed E-state index contributed by atoms with van der Waals surface area (Å²) in [6.45, 7) is 4.92. The first-order valence-corrected chi connectivity index (χ1v) is 7.61. The van der Waals surface area contributed by atoms with E-state index in [0.717, 1.165) is 17.7 Å². The molecule has 0 amide bonds. The summed E-state index contributed by atoms with van der Waals surface area (Å²) >= 11 is 0. The lowest BCUT2D eigenvalue weighted by atomic mass is 9.85. The molecule has 0 spiro atoms. The molecule has 3 rings (SSSR count). The van der Waals surface area contributed by atoms with Crippen LogP contribution in [0, 0.1) is 13.8 Å². The number of ether oxygens (including phenoxy) is 1. The van der Waals surface area contributed by atoms with E-state index in [2.05, 4.69) is 38.1 Å². The van der Waals surface area contributed by atoms with Crippen molar-refractivity contribution in [2.24, 2.45) is 0 Å². The van der Waals surface area contributed by atoms with Crippen LogP contribution in [-0.2, 0) is 6.42 Å². The summed E-state index contributed by atoms with van der Waals surface area (Å²) < 4.78 is 5.68. The molecule has 1 heterocycles. The molecular formula is C19H22O2. The van der Waals surface area contributed by atoms with Crippen molar-refractivity contribution in [1.29, 1.82) is 0 Å². The van der Waals surface area contributed by atoms with Gasteiger partial charge in [-0.25, -0.2) is 0 Å². The molecule has 2 aromatic rings. The second-order valence-corrected chi connectivity index (χ2v) is 5.97. The van der Waals surface area contributed by atoms with Crippen LogP contribution in [0.5, 0.6) is 5.75 Å². The molecule has 0 saturated carbocycles. The number of hydrogen-bond donors (Lipinski definition) is 1. The quantitative estimate of drug-likeness (QED) is 0.928. The van der Waals surface area contributed by atoms with E-state index < -0.39 is 0 Å². The van der Waals surface area contributed by atoms with Crippen LogP contribution >= 0.6 is 0 Å². The van der Waals surface area contributed by atoms with E-state index in [0.29, 0.717) is 13.0 Å². The third-order valence-corrected chi connectivity index (χ3v) is 4.49. The number of aryl methyl sites for hydroxylation is 2. The van der Waals surface area contributed by atoms with E-state index in [9.17, 15) is 5.11 Å². The Morgan fingerprint density at radius 2 is 1.95 bits per heavy atom. The zero-order valence-electron chi connectivity index (χ0n) is 12.7. The van der Waals surface area contributed by atoms with Gasteiger partial charge in [0.2, 0.25) is 0 Å². The van der Waals surface area contributed by atoms with Crippen molar-refractivity contribution in [3.05, 3.63) is 64.7 Å². The molecule has 1 N–H and O–H groups in total. The molecule has 21 heavy (non-hydrogen) atoms. The monoisotopic (exact) mass is 282 g/mol. The van der Waals surface area contributed by atoms with Gasteiger partial charge in [-0.15, -0.1) is 0 Å². The third-order valence-electron chi connectivity index (χ3n) is 4.49. The molecular weight excluding hydrogens is 260 g/mol. The van der Waals surface area contributed by atoms with Crippen molar-refractivity contribution in [1.82, 2.24) is 0 Å².